The summed E-state index contributed by atoms with van der Waals surface area (Å²) in [4.78, 5) is 2.36. The van der Waals surface area contributed by atoms with E-state index in [-0.39, 0.29) is 6.04 Å². The molecular weight excluding hydrogens is 282 g/mol. The predicted molar refractivity (Wildman–Crippen MR) is 88.4 cm³/mol. The molecule has 1 aliphatic heterocycles. The molecule has 21 heavy (non-hydrogen) atoms. The third-order valence-electron chi connectivity index (χ3n) is 4.30. The minimum atomic E-state index is 0.102. The minimum Gasteiger partial charge on any atom is -0.508 e. The van der Waals surface area contributed by atoms with Gasteiger partial charge in [0.05, 0.1) is 6.04 Å². The van der Waals surface area contributed by atoms with Gasteiger partial charge in [-0.25, -0.2) is 0 Å². The zero-order valence-corrected chi connectivity index (χ0v) is 13.2. The Morgan fingerprint density at radius 1 is 1.19 bits per heavy atom. The van der Waals surface area contributed by atoms with Crippen LogP contribution in [0.1, 0.15) is 36.1 Å². The van der Waals surface area contributed by atoms with Gasteiger partial charge in [0.15, 0.2) is 0 Å². The van der Waals surface area contributed by atoms with E-state index in [1.807, 2.05) is 6.07 Å². The number of anilines is 1. The molecule has 0 aromatic heterocycles. The Morgan fingerprint density at radius 2 is 2.00 bits per heavy atom. The fraction of sp³-hybridized carbons (Fsp3) is 0.333. The van der Waals surface area contributed by atoms with Crippen LogP contribution < -0.4 is 4.90 Å². The summed E-state index contributed by atoms with van der Waals surface area (Å²) in [6.45, 7) is 5.26. The van der Waals surface area contributed by atoms with Crippen molar-refractivity contribution in [1.29, 1.82) is 0 Å². The summed E-state index contributed by atoms with van der Waals surface area (Å²) < 4.78 is 0. The maximum absolute atomic E-state index is 10.1. The number of hydrogen-bond donors (Lipinski definition) is 1. The second-order valence-corrected chi connectivity index (χ2v) is 6.24. The Labute approximate surface area is 131 Å². The number of aromatic hydroxyl groups is 1. The third-order valence-corrected chi connectivity index (χ3v) is 4.53. The number of halogens is 1. The SMILES string of the molecule is Cc1ccc2c(c1)CCCN2C(C)c1cc(Cl)ccc1O. The average Bonchev–Trinajstić information content (AvgIpc) is 2.48. The van der Waals surface area contributed by atoms with Crippen molar-refractivity contribution in [2.24, 2.45) is 0 Å². The molecule has 3 heteroatoms. The number of phenolic OH excluding ortho intramolecular Hbond substituents is 1. The van der Waals surface area contributed by atoms with Gasteiger partial charge in [0.1, 0.15) is 5.75 Å². The first-order chi connectivity index (χ1) is 10.1. The minimum absolute atomic E-state index is 0.102. The summed E-state index contributed by atoms with van der Waals surface area (Å²) in [6, 6.07) is 12.0. The van der Waals surface area contributed by atoms with Crippen LogP contribution in [0.15, 0.2) is 36.4 Å². The number of aryl methyl sites for hydroxylation is 2. The van der Waals surface area contributed by atoms with Gasteiger partial charge in [-0.05, 0) is 56.5 Å². The standard InChI is InChI=1S/C18H20ClNO/c1-12-5-7-17-14(10-12)4-3-9-20(17)13(2)16-11-15(19)6-8-18(16)21/h5-8,10-11,13,21H,3-4,9H2,1-2H3. The molecule has 1 unspecified atom stereocenters. The third kappa shape index (κ3) is 2.73. The highest BCUT2D eigenvalue weighted by atomic mass is 35.5. The van der Waals surface area contributed by atoms with Gasteiger partial charge in [0.2, 0.25) is 0 Å². The number of hydrogen-bond acceptors (Lipinski definition) is 2. The van der Waals surface area contributed by atoms with Crippen molar-refractivity contribution in [2.75, 3.05) is 11.4 Å². The van der Waals surface area contributed by atoms with E-state index in [9.17, 15) is 5.11 Å². The van der Waals surface area contributed by atoms with Crippen molar-refractivity contribution in [3.8, 4) is 5.75 Å². The monoisotopic (exact) mass is 301 g/mol. The van der Waals surface area contributed by atoms with Crippen molar-refractivity contribution in [1.82, 2.24) is 0 Å². The molecule has 1 heterocycles. The van der Waals surface area contributed by atoms with Gasteiger partial charge >= 0.3 is 0 Å². The molecule has 0 spiro atoms. The van der Waals surface area contributed by atoms with E-state index in [0.717, 1.165) is 24.9 Å². The van der Waals surface area contributed by atoms with Crippen molar-refractivity contribution >= 4 is 17.3 Å². The number of rotatable bonds is 2. The van der Waals surface area contributed by atoms with E-state index in [2.05, 4.69) is 36.9 Å². The molecule has 0 amide bonds. The van der Waals surface area contributed by atoms with E-state index < -0.39 is 0 Å². The molecule has 3 rings (SSSR count). The number of fused-ring (bicyclic) bond motifs is 1. The molecule has 110 valence electrons. The highest BCUT2D eigenvalue weighted by Crippen LogP contribution is 2.37. The molecule has 0 radical (unpaired) electrons. The second-order valence-electron chi connectivity index (χ2n) is 5.81. The van der Waals surface area contributed by atoms with Gasteiger partial charge in [-0.15, -0.1) is 0 Å². The van der Waals surface area contributed by atoms with Crippen LogP contribution in [0.5, 0.6) is 5.75 Å². The predicted octanol–water partition coefficient (Wildman–Crippen LogP) is 4.87. The van der Waals surface area contributed by atoms with Gasteiger partial charge in [-0.2, -0.15) is 0 Å². The lowest BCUT2D eigenvalue weighted by Crippen LogP contribution is -2.32. The summed E-state index contributed by atoms with van der Waals surface area (Å²) >= 11 is 6.09. The molecule has 0 fully saturated rings. The highest BCUT2D eigenvalue weighted by molar-refractivity contribution is 6.30. The largest absolute Gasteiger partial charge is 0.508 e. The zero-order chi connectivity index (χ0) is 15.0. The lowest BCUT2D eigenvalue weighted by Gasteiger charge is -2.37. The molecule has 2 nitrogen and oxygen atoms in total. The van der Waals surface area contributed by atoms with Crippen molar-refractivity contribution in [2.45, 2.75) is 32.7 Å². The summed E-state index contributed by atoms with van der Waals surface area (Å²) in [5.74, 6) is 0.311. The van der Waals surface area contributed by atoms with E-state index in [4.69, 9.17) is 11.6 Å². The van der Waals surface area contributed by atoms with E-state index in [1.165, 1.54) is 16.8 Å². The van der Waals surface area contributed by atoms with Gasteiger partial charge in [-0.1, -0.05) is 29.3 Å². The number of benzene rings is 2. The molecule has 1 N–H and O–H groups in total. The van der Waals surface area contributed by atoms with Crippen LogP contribution in [-0.4, -0.2) is 11.7 Å². The van der Waals surface area contributed by atoms with Crippen molar-refractivity contribution in [3.05, 3.63) is 58.1 Å². The zero-order valence-electron chi connectivity index (χ0n) is 12.4. The molecule has 2 aromatic carbocycles. The summed E-state index contributed by atoms with van der Waals surface area (Å²) in [5.41, 5.74) is 4.86. The second kappa shape index (κ2) is 5.61. The maximum atomic E-state index is 10.1. The van der Waals surface area contributed by atoms with Crippen LogP contribution >= 0.6 is 11.6 Å². The van der Waals surface area contributed by atoms with Gasteiger partial charge in [0, 0.05) is 22.8 Å². The quantitative estimate of drug-likeness (QED) is 0.855. The number of nitrogens with zero attached hydrogens (tertiary/aromatic N) is 1. The molecule has 0 saturated carbocycles. The van der Waals surface area contributed by atoms with Gasteiger partial charge in [0.25, 0.3) is 0 Å². The molecule has 0 aliphatic carbocycles. The van der Waals surface area contributed by atoms with E-state index in [0.29, 0.717) is 10.8 Å². The van der Waals surface area contributed by atoms with Crippen LogP contribution in [0.3, 0.4) is 0 Å². The Bertz CT molecular complexity index is 668. The molecule has 1 atom stereocenters. The highest BCUT2D eigenvalue weighted by Gasteiger charge is 2.24. The molecule has 0 saturated heterocycles. The van der Waals surface area contributed by atoms with Crippen LogP contribution in [-0.2, 0) is 6.42 Å². The summed E-state index contributed by atoms with van der Waals surface area (Å²) in [6.07, 6.45) is 2.27. The van der Waals surface area contributed by atoms with Gasteiger partial charge in [-0.3, -0.25) is 0 Å². The van der Waals surface area contributed by atoms with E-state index in [1.54, 1.807) is 12.1 Å². The summed E-state index contributed by atoms with van der Waals surface area (Å²) in [7, 11) is 0. The van der Waals surface area contributed by atoms with Crippen molar-refractivity contribution < 1.29 is 5.11 Å². The molecule has 1 aliphatic rings. The number of phenols is 1. The first-order valence-corrected chi connectivity index (χ1v) is 7.78. The maximum Gasteiger partial charge on any atom is 0.120 e. The Morgan fingerprint density at radius 3 is 2.81 bits per heavy atom. The first-order valence-electron chi connectivity index (χ1n) is 7.41. The van der Waals surface area contributed by atoms with Crippen molar-refractivity contribution in [3.63, 3.8) is 0 Å². The Balaban J connectivity index is 2.00. The Kier molecular flexibility index (Phi) is 3.81. The Hall–Kier alpha value is -1.67. The first kappa shape index (κ1) is 14.3. The summed E-state index contributed by atoms with van der Waals surface area (Å²) in [5, 5.41) is 10.8. The lowest BCUT2D eigenvalue weighted by atomic mass is 9.96. The van der Waals surface area contributed by atoms with Crippen LogP contribution in [0.2, 0.25) is 5.02 Å². The lowest BCUT2D eigenvalue weighted by molar-refractivity contribution is 0.459. The smallest absolute Gasteiger partial charge is 0.120 e. The normalized spacial score (nSPS) is 15.7. The van der Waals surface area contributed by atoms with Crippen LogP contribution in [0, 0.1) is 6.92 Å². The van der Waals surface area contributed by atoms with Crippen LogP contribution in [0.25, 0.3) is 0 Å². The fourth-order valence-electron chi connectivity index (χ4n) is 3.19. The van der Waals surface area contributed by atoms with Gasteiger partial charge < -0.3 is 10.0 Å². The van der Waals surface area contributed by atoms with Crippen LogP contribution in [0.4, 0.5) is 5.69 Å². The average molecular weight is 302 g/mol. The fourth-order valence-corrected chi connectivity index (χ4v) is 3.37. The topological polar surface area (TPSA) is 23.5 Å². The molecule has 2 aromatic rings. The molecular formula is C18H20ClNO. The van der Waals surface area contributed by atoms with E-state index >= 15 is 0 Å². The molecule has 0 bridgehead atoms.